The van der Waals surface area contributed by atoms with Crippen molar-refractivity contribution < 1.29 is 9.66 Å². The Morgan fingerprint density at radius 2 is 1.91 bits per heavy atom. The van der Waals surface area contributed by atoms with E-state index in [9.17, 15) is 9.66 Å². The van der Waals surface area contributed by atoms with Gasteiger partial charge in [-0.2, -0.15) is 0 Å². The van der Waals surface area contributed by atoms with E-state index in [1.807, 2.05) is 42.5 Å². The number of hydrogen-bond donors (Lipinski definition) is 2. The molecule has 3 nitrogen and oxygen atoms in total. The van der Waals surface area contributed by atoms with Gasteiger partial charge in [0.15, 0.2) is 0 Å². The Morgan fingerprint density at radius 3 is 2.57 bits per heavy atom. The van der Waals surface area contributed by atoms with Gasteiger partial charge in [-0.25, -0.2) is 0 Å². The van der Waals surface area contributed by atoms with Gasteiger partial charge in [-0.3, -0.25) is 0 Å². The number of hydrogen-bond acceptors (Lipinski definition) is 2. The third-order valence-electron chi connectivity index (χ3n) is 3.63. The molecule has 0 aliphatic heterocycles. The Hall–Kier alpha value is -0.790. The van der Waals surface area contributed by atoms with Crippen molar-refractivity contribution in [3.8, 4) is 11.1 Å². The monoisotopic (exact) mass is 455 g/mol. The van der Waals surface area contributed by atoms with E-state index in [2.05, 4.69) is 36.8 Å². The Balaban J connectivity index is 2.28. The fourth-order valence-electron chi connectivity index (χ4n) is 2.73. The Kier molecular flexibility index (Phi) is 5.18. The largest absolute Gasteiger partial charge is 0.616 e. The maximum Gasteiger partial charge on any atom is 0.139 e. The number of aliphatic hydroxyl groups excluding tert-OH is 1. The van der Waals surface area contributed by atoms with Crippen molar-refractivity contribution in [1.82, 2.24) is 4.98 Å². The third kappa shape index (κ3) is 3.51. The van der Waals surface area contributed by atoms with Crippen LogP contribution in [-0.2, 0) is 11.2 Å². The van der Waals surface area contributed by atoms with Crippen molar-refractivity contribution in [2.75, 3.05) is 12.0 Å². The lowest BCUT2D eigenvalue weighted by molar-refractivity contribution is 0.198. The number of nitrogens with one attached hydrogen (secondary N) is 1. The summed E-state index contributed by atoms with van der Waals surface area (Å²) in [5.74, 6) is 0.200. The highest BCUT2D eigenvalue weighted by Crippen LogP contribution is 2.40. The van der Waals surface area contributed by atoms with Crippen molar-refractivity contribution in [2.24, 2.45) is 0 Å². The highest BCUT2D eigenvalue weighted by Gasteiger charge is 2.23. The highest BCUT2D eigenvalue weighted by atomic mass is 79.9. The molecular weight excluding hydrogens is 442 g/mol. The van der Waals surface area contributed by atoms with Crippen LogP contribution in [0.4, 0.5) is 0 Å². The van der Waals surface area contributed by atoms with Crippen LogP contribution in [0.15, 0.2) is 51.4 Å². The Morgan fingerprint density at radius 1 is 1.22 bits per heavy atom. The van der Waals surface area contributed by atoms with Crippen molar-refractivity contribution in [3.05, 3.63) is 57.1 Å². The van der Waals surface area contributed by atoms with E-state index in [1.165, 1.54) is 0 Å². The van der Waals surface area contributed by atoms with Crippen LogP contribution in [0.3, 0.4) is 0 Å². The summed E-state index contributed by atoms with van der Waals surface area (Å²) in [6, 6.07) is 13.9. The van der Waals surface area contributed by atoms with Gasteiger partial charge in [-0.05, 0) is 17.7 Å². The molecule has 0 saturated carbocycles. The normalized spacial score (nSPS) is 14.1. The van der Waals surface area contributed by atoms with E-state index in [0.717, 1.165) is 31.0 Å². The number of benzene rings is 2. The first-order valence-corrected chi connectivity index (χ1v) is 10.3. The first kappa shape index (κ1) is 17.0. The lowest BCUT2D eigenvalue weighted by Crippen LogP contribution is -2.13. The second kappa shape index (κ2) is 6.99. The molecule has 23 heavy (non-hydrogen) atoms. The standard InChI is InChI=1S/C17H15Br2NO2S/c1-23(22)9-14(21)17-15(10-5-3-2-4-6-10)16-12(19)7-11(18)8-13(16)20-17/h2-8,14,20-21H,9H2,1H3. The second-order valence-electron chi connectivity index (χ2n) is 5.35. The molecule has 2 atom stereocenters. The number of rotatable bonds is 4. The van der Waals surface area contributed by atoms with Gasteiger partial charge in [0.05, 0.1) is 11.9 Å². The molecule has 3 rings (SSSR count). The van der Waals surface area contributed by atoms with Gasteiger partial charge in [-0.15, -0.1) is 0 Å². The van der Waals surface area contributed by atoms with Crippen LogP contribution in [-0.4, -0.2) is 26.7 Å². The molecule has 1 heterocycles. The fourth-order valence-corrected chi connectivity index (χ4v) is 4.76. The van der Waals surface area contributed by atoms with E-state index in [0.29, 0.717) is 5.69 Å². The number of aromatic amines is 1. The summed E-state index contributed by atoms with van der Waals surface area (Å²) < 4.78 is 13.4. The number of aromatic nitrogens is 1. The topological polar surface area (TPSA) is 59.1 Å². The molecule has 0 spiro atoms. The van der Waals surface area contributed by atoms with Crippen molar-refractivity contribution in [3.63, 3.8) is 0 Å². The van der Waals surface area contributed by atoms with Crippen molar-refractivity contribution in [1.29, 1.82) is 0 Å². The summed E-state index contributed by atoms with van der Waals surface area (Å²) in [5, 5.41) is 11.6. The lowest BCUT2D eigenvalue weighted by Gasteiger charge is -2.13. The van der Waals surface area contributed by atoms with Crippen LogP contribution in [0.5, 0.6) is 0 Å². The Bertz CT molecular complexity index is 833. The molecule has 0 radical (unpaired) electrons. The van der Waals surface area contributed by atoms with Crippen LogP contribution < -0.4 is 0 Å². The molecule has 2 N–H and O–H groups in total. The average molecular weight is 457 g/mol. The number of fused-ring (bicyclic) bond motifs is 1. The fraction of sp³-hybridized carbons (Fsp3) is 0.176. The van der Waals surface area contributed by atoms with Gasteiger partial charge in [0, 0.05) is 25.4 Å². The molecule has 0 bridgehead atoms. The smallest absolute Gasteiger partial charge is 0.139 e. The van der Waals surface area contributed by atoms with E-state index >= 15 is 0 Å². The minimum absolute atomic E-state index is 0.200. The average Bonchev–Trinajstić information content (AvgIpc) is 2.87. The van der Waals surface area contributed by atoms with Crippen LogP contribution >= 0.6 is 31.9 Å². The van der Waals surface area contributed by atoms with Gasteiger partial charge in [-0.1, -0.05) is 73.4 Å². The molecule has 0 amide bonds. The molecule has 0 fully saturated rings. The first-order chi connectivity index (χ1) is 11.0. The maximum absolute atomic E-state index is 11.5. The molecule has 0 aliphatic rings. The summed E-state index contributed by atoms with van der Waals surface area (Å²) >= 11 is 6.02. The van der Waals surface area contributed by atoms with Crippen molar-refractivity contribution >= 4 is 53.9 Å². The summed E-state index contributed by atoms with van der Waals surface area (Å²) in [6.45, 7) is 0. The predicted molar refractivity (Wildman–Crippen MR) is 103 cm³/mol. The second-order valence-corrected chi connectivity index (χ2v) is 8.60. The maximum atomic E-state index is 11.5. The minimum Gasteiger partial charge on any atom is -0.616 e. The van der Waals surface area contributed by atoms with Gasteiger partial charge in [0.25, 0.3) is 0 Å². The first-order valence-electron chi connectivity index (χ1n) is 7.01. The molecule has 6 heteroatoms. The zero-order valence-corrected chi connectivity index (χ0v) is 16.3. The van der Waals surface area contributed by atoms with Gasteiger partial charge >= 0.3 is 0 Å². The number of halogens is 2. The summed E-state index contributed by atoms with van der Waals surface area (Å²) in [6.07, 6.45) is 0.787. The van der Waals surface area contributed by atoms with Gasteiger partial charge < -0.3 is 14.6 Å². The zero-order valence-electron chi connectivity index (χ0n) is 12.3. The van der Waals surface area contributed by atoms with Crippen LogP contribution in [0, 0.1) is 0 Å². The SMILES string of the molecule is C[S+]([O-])CC(O)c1[nH]c2cc(Br)cc(Br)c2c1-c1ccccc1. The van der Waals surface area contributed by atoms with E-state index in [-0.39, 0.29) is 5.75 Å². The van der Waals surface area contributed by atoms with Crippen LogP contribution in [0.1, 0.15) is 11.8 Å². The molecule has 120 valence electrons. The summed E-state index contributed by atoms with van der Waals surface area (Å²) in [4.78, 5) is 3.31. The van der Waals surface area contributed by atoms with Gasteiger partial charge in [0.1, 0.15) is 11.9 Å². The minimum atomic E-state index is -1.08. The molecular formula is C17H15Br2NO2S. The predicted octanol–water partition coefficient (Wildman–Crippen LogP) is 4.77. The summed E-state index contributed by atoms with van der Waals surface area (Å²) in [7, 11) is 0. The lowest BCUT2D eigenvalue weighted by atomic mass is 10.00. The molecule has 1 aromatic heterocycles. The summed E-state index contributed by atoms with van der Waals surface area (Å²) in [5.41, 5.74) is 3.57. The number of H-pyrrole nitrogens is 1. The van der Waals surface area contributed by atoms with Crippen LogP contribution in [0.2, 0.25) is 0 Å². The quantitative estimate of drug-likeness (QED) is 0.555. The van der Waals surface area contributed by atoms with Crippen LogP contribution in [0.25, 0.3) is 22.0 Å². The molecule has 3 aromatic rings. The highest BCUT2D eigenvalue weighted by molar-refractivity contribution is 9.11. The van der Waals surface area contributed by atoms with Gasteiger partial charge in [0.2, 0.25) is 0 Å². The molecule has 0 saturated heterocycles. The van der Waals surface area contributed by atoms with Crippen molar-refractivity contribution in [2.45, 2.75) is 6.10 Å². The van der Waals surface area contributed by atoms with E-state index in [4.69, 9.17) is 0 Å². The Labute approximate surface area is 154 Å². The molecule has 0 aliphatic carbocycles. The zero-order chi connectivity index (χ0) is 16.6. The third-order valence-corrected chi connectivity index (χ3v) is 5.50. The van der Waals surface area contributed by atoms with E-state index < -0.39 is 17.3 Å². The number of aliphatic hydroxyl groups is 1. The molecule has 2 aromatic carbocycles. The molecule has 2 unspecified atom stereocenters. The van der Waals surface area contributed by atoms with E-state index in [1.54, 1.807) is 6.26 Å².